The first-order chi connectivity index (χ1) is 11.6. The van der Waals surface area contributed by atoms with Crippen LogP contribution in [-0.4, -0.2) is 18.4 Å². The smallest absolute Gasteiger partial charge is 0.306 e. The molecule has 2 aromatic carbocycles. The van der Waals surface area contributed by atoms with Crippen LogP contribution in [0.3, 0.4) is 0 Å². The zero-order valence-electron chi connectivity index (χ0n) is 13.7. The van der Waals surface area contributed by atoms with Gasteiger partial charge in [0.05, 0.1) is 13.0 Å². The highest BCUT2D eigenvalue weighted by Gasteiger charge is 2.29. The van der Waals surface area contributed by atoms with E-state index in [0.29, 0.717) is 13.0 Å². The van der Waals surface area contributed by atoms with Crippen molar-refractivity contribution >= 4 is 17.4 Å². The number of ketones is 1. The molecule has 4 nitrogen and oxygen atoms in total. The van der Waals surface area contributed by atoms with Crippen molar-refractivity contribution in [1.29, 1.82) is 0 Å². The highest BCUT2D eigenvalue weighted by Crippen LogP contribution is 2.31. The van der Waals surface area contributed by atoms with E-state index in [1.165, 1.54) is 0 Å². The van der Waals surface area contributed by atoms with E-state index in [1.807, 2.05) is 36.4 Å². The highest BCUT2D eigenvalue weighted by molar-refractivity contribution is 6.02. The van der Waals surface area contributed by atoms with E-state index in [4.69, 9.17) is 10.5 Å². The summed E-state index contributed by atoms with van der Waals surface area (Å²) in [5.74, 6) is -0.509. The molecule has 0 bridgehead atoms. The molecular formula is C20H21NO3. The van der Waals surface area contributed by atoms with Gasteiger partial charge < -0.3 is 10.5 Å². The van der Waals surface area contributed by atoms with E-state index in [1.54, 1.807) is 6.92 Å². The van der Waals surface area contributed by atoms with Crippen molar-refractivity contribution < 1.29 is 14.3 Å². The Morgan fingerprint density at radius 2 is 1.88 bits per heavy atom. The number of aryl methyl sites for hydroxylation is 1. The Morgan fingerprint density at radius 1 is 1.17 bits per heavy atom. The standard InChI is InChI=1S/C20H21NO3/c1-2-24-19(22)12-16-4-3-15-11-14(7-10-18(15)20(16)23)13-5-8-17(21)9-6-13/h5-11,16H,2-4,12,21H2,1H3. The lowest BCUT2D eigenvalue weighted by atomic mass is 9.80. The molecule has 1 aliphatic carbocycles. The van der Waals surface area contributed by atoms with Crippen LogP contribution in [0.2, 0.25) is 0 Å². The van der Waals surface area contributed by atoms with Crippen molar-refractivity contribution in [2.75, 3.05) is 12.3 Å². The molecule has 0 spiro atoms. The third-order valence-electron chi connectivity index (χ3n) is 4.47. The van der Waals surface area contributed by atoms with Crippen molar-refractivity contribution in [1.82, 2.24) is 0 Å². The third-order valence-corrected chi connectivity index (χ3v) is 4.47. The van der Waals surface area contributed by atoms with Crippen LogP contribution in [0, 0.1) is 5.92 Å². The monoisotopic (exact) mass is 323 g/mol. The number of Topliss-reactive ketones (excluding diaryl/α,β-unsaturated/α-hetero) is 1. The van der Waals surface area contributed by atoms with Crippen LogP contribution >= 0.6 is 0 Å². The molecular weight excluding hydrogens is 302 g/mol. The first kappa shape index (κ1) is 16.2. The Hall–Kier alpha value is -2.62. The molecule has 0 heterocycles. The summed E-state index contributed by atoms with van der Waals surface area (Å²) >= 11 is 0. The minimum Gasteiger partial charge on any atom is -0.466 e. The summed E-state index contributed by atoms with van der Waals surface area (Å²) in [5.41, 5.74) is 10.4. The van der Waals surface area contributed by atoms with E-state index in [-0.39, 0.29) is 24.1 Å². The fourth-order valence-electron chi connectivity index (χ4n) is 3.19. The number of benzene rings is 2. The summed E-state index contributed by atoms with van der Waals surface area (Å²) in [4.78, 5) is 24.3. The molecule has 1 unspecified atom stereocenters. The van der Waals surface area contributed by atoms with Gasteiger partial charge in [-0.05, 0) is 48.6 Å². The molecule has 124 valence electrons. The lowest BCUT2D eigenvalue weighted by Gasteiger charge is -2.23. The summed E-state index contributed by atoms with van der Waals surface area (Å²) in [6.07, 6.45) is 1.66. The Labute approximate surface area is 141 Å². The van der Waals surface area contributed by atoms with Gasteiger partial charge >= 0.3 is 5.97 Å². The molecule has 0 fully saturated rings. The highest BCUT2D eigenvalue weighted by atomic mass is 16.5. The Bertz CT molecular complexity index is 765. The zero-order valence-corrected chi connectivity index (χ0v) is 13.7. The third kappa shape index (κ3) is 3.32. The minimum atomic E-state index is -0.294. The van der Waals surface area contributed by atoms with Gasteiger partial charge in [0.1, 0.15) is 0 Å². The maximum absolute atomic E-state index is 12.6. The summed E-state index contributed by atoms with van der Waals surface area (Å²) in [5, 5.41) is 0. The van der Waals surface area contributed by atoms with E-state index in [9.17, 15) is 9.59 Å². The SMILES string of the molecule is CCOC(=O)CC1CCc2cc(-c3ccc(N)cc3)ccc2C1=O. The molecule has 0 saturated heterocycles. The quantitative estimate of drug-likeness (QED) is 0.689. The molecule has 0 amide bonds. The molecule has 2 N–H and O–H groups in total. The number of carbonyl (C=O) groups excluding carboxylic acids is 2. The Kier molecular flexibility index (Phi) is 4.65. The largest absolute Gasteiger partial charge is 0.466 e. The van der Waals surface area contributed by atoms with Crippen molar-refractivity contribution in [3.8, 4) is 11.1 Å². The van der Waals surface area contributed by atoms with Gasteiger partial charge in [0.15, 0.2) is 5.78 Å². The molecule has 0 aromatic heterocycles. The number of esters is 1. The number of nitrogen functional groups attached to an aromatic ring is 1. The van der Waals surface area contributed by atoms with Crippen molar-refractivity contribution in [3.63, 3.8) is 0 Å². The summed E-state index contributed by atoms with van der Waals surface area (Å²) in [6, 6.07) is 13.6. The van der Waals surface area contributed by atoms with Gasteiger partial charge in [-0.2, -0.15) is 0 Å². The Morgan fingerprint density at radius 3 is 2.58 bits per heavy atom. The van der Waals surface area contributed by atoms with Gasteiger partial charge in [-0.25, -0.2) is 0 Å². The number of hydrogen-bond donors (Lipinski definition) is 1. The molecule has 24 heavy (non-hydrogen) atoms. The van der Waals surface area contributed by atoms with Crippen molar-refractivity contribution in [3.05, 3.63) is 53.6 Å². The molecule has 0 saturated carbocycles. The van der Waals surface area contributed by atoms with Crippen molar-refractivity contribution in [2.45, 2.75) is 26.2 Å². The van der Waals surface area contributed by atoms with Gasteiger partial charge in [-0.15, -0.1) is 0 Å². The number of hydrogen-bond acceptors (Lipinski definition) is 4. The molecule has 0 radical (unpaired) electrons. The predicted molar refractivity (Wildman–Crippen MR) is 93.7 cm³/mol. The van der Waals surface area contributed by atoms with E-state index >= 15 is 0 Å². The number of nitrogens with two attached hydrogens (primary N) is 1. The van der Waals surface area contributed by atoms with Crippen LogP contribution < -0.4 is 5.73 Å². The van der Waals surface area contributed by atoms with Crippen LogP contribution in [0.25, 0.3) is 11.1 Å². The van der Waals surface area contributed by atoms with E-state index in [0.717, 1.165) is 34.4 Å². The number of carbonyl (C=O) groups is 2. The van der Waals surface area contributed by atoms with Crippen LogP contribution in [-0.2, 0) is 16.0 Å². The summed E-state index contributed by atoms with van der Waals surface area (Å²) in [6.45, 7) is 2.12. The maximum atomic E-state index is 12.6. The fourth-order valence-corrected chi connectivity index (χ4v) is 3.19. The predicted octanol–water partition coefficient (Wildman–Crippen LogP) is 3.63. The van der Waals surface area contributed by atoms with Crippen molar-refractivity contribution in [2.24, 2.45) is 5.92 Å². The molecule has 4 heteroatoms. The first-order valence-corrected chi connectivity index (χ1v) is 8.27. The molecule has 3 rings (SSSR count). The van der Waals surface area contributed by atoms with Crippen LogP contribution in [0.5, 0.6) is 0 Å². The second kappa shape index (κ2) is 6.87. The Balaban J connectivity index is 1.81. The zero-order chi connectivity index (χ0) is 17.1. The number of fused-ring (bicyclic) bond motifs is 1. The number of rotatable bonds is 4. The molecule has 1 aliphatic rings. The van der Waals surface area contributed by atoms with Gasteiger partial charge in [0.2, 0.25) is 0 Å². The topological polar surface area (TPSA) is 69.4 Å². The van der Waals surface area contributed by atoms with Gasteiger partial charge in [0, 0.05) is 17.2 Å². The lowest BCUT2D eigenvalue weighted by molar-refractivity contribution is -0.144. The number of anilines is 1. The van der Waals surface area contributed by atoms with E-state index in [2.05, 4.69) is 6.07 Å². The van der Waals surface area contributed by atoms with Crippen LogP contribution in [0.1, 0.15) is 35.7 Å². The van der Waals surface area contributed by atoms with Gasteiger partial charge in [-0.3, -0.25) is 9.59 Å². The molecule has 0 aliphatic heterocycles. The minimum absolute atomic E-state index is 0.0492. The fraction of sp³-hybridized carbons (Fsp3) is 0.300. The summed E-state index contributed by atoms with van der Waals surface area (Å²) in [7, 11) is 0. The lowest BCUT2D eigenvalue weighted by Crippen LogP contribution is -2.25. The number of ether oxygens (including phenoxy) is 1. The maximum Gasteiger partial charge on any atom is 0.306 e. The van der Waals surface area contributed by atoms with Crippen LogP contribution in [0.15, 0.2) is 42.5 Å². The normalized spacial score (nSPS) is 16.5. The van der Waals surface area contributed by atoms with Gasteiger partial charge in [-0.1, -0.05) is 30.3 Å². The van der Waals surface area contributed by atoms with Gasteiger partial charge in [0.25, 0.3) is 0 Å². The average Bonchev–Trinajstić information content (AvgIpc) is 2.58. The second-order valence-corrected chi connectivity index (χ2v) is 6.10. The molecule has 2 aromatic rings. The van der Waals surface area contributed by atoms with E-state index < -0.39 is 0 Å². The summed E-state index contributed by atoms with van der Waals surface area (Å²) < 4.78 is 4.97. The first-order valence-electron chi connectivity index (χ1n) is 8.27. The second-order valence-electron chi connectivity index (χ2n) is 6.10. The molecule has 1 atom stereocenters. The van der Waals surface area contributed by atoms with Crippen LogP contribution in [0.4, 0.5) is 5.69 Å². The average molecular weight is 323 g/mol.